The van der Waals surface area contributed by atoms with Gasteiger partial charge < -0.3 is 15.0 Å². The van der Waals surface area contributed by atoms with Crippen LogP contribution in [-0.4, -0.2) is 50.3 Å². The lowest BCUT2D eigenvalue weighted by molar-refractivity contribution is 0.146. The molecule has 22 heavy (non-hydrogen) atoms. The van der Waals surface area contributed by atoms with Gasteiger partial charge in [0.1, 0.15) is 0 Å². The van der Waals surface area contributed by atoms with E-state index in [2.05, 4.69) is 17.1 Å². The molecule has 1 saturated heterocycles. The molecule has 1 spiro atoms. The fourth-order valence-corrected chi connectivity index (χ4v) is 3.75. The third-order valence-corrected chi connectivity index (χ3v) is 4.90. The molecule has 0 unspecified atom stereocenters. The van der Waals surface area contributed by atoms with Crippen molar-refractivity contribution in [1.29, 1.82) is 0 Å². The Balaban J connectivity index is 0.00000242. The molecule has 5 heteroatoms. The first-order valence-electron chi connectivity index (χ1n) is 8.91. The summed E-state index contributed by atoms with van der Waals surface area (Å²) < 4.78 is 5.39. The van der Waals surface area contributed by atoms with Gasteiger partial charge in [-0.3, -0.25) is 4.99 Å². The number of nitrogens with one attached hydrogen (secondary N) is 1. The van der Waals surface area contributed by atoms with E-state index in [1.54, 1.807) is 0 Å². The van der Waals surface area contributed by atoms with E-state index in [4.69, 9.17) is 9.73 Å². The number of guanidine groups is 1. The number of likely N-dealkylation sites (tertiary alicyclic amines) is 1. The molecule has 0 aromatic carbocycles. The highest BCUT2D eigenvalue weighted by Gasteiger charge is 2.39. The van der Waals surface area contributed by atoms with E-state index in [0.717, 1.165) is 38.7 Å². The van der Waals surface area contributed by atoms with Gasteiger partial charge in [0.25, 0.3) is 0 Å². The first-order valence-corrected chi connectivity index (χ1v) is 8.91. The van der Waals surface area contributed by atoms with Crippen LogP contribution in [0.25, 0.3) is 0 Å². The van der Waals surface area contributed by atoms with Gasteiger partial charge in [-0.2, -0.15) is 0 Å². The van der Waals surface area contributed by atoms with E-state index >= 15 is 0 Å². The molecule has 0 aromatic heterocycles. The molecule has 0 amide bonds. The monoisotopic (exact) mass is 423 g/mol. The Morgan fingerprint density at radius 2 is 1.95 bits per heavy atom. The number of hydrogen-bond acceptors (Lipinski definition) is 2. The van der Waals surface area contributed by atoms with E-state index in [9.17, 15) is 0 Å². The largest absolute Gasteiger partial charge is 0.382 e. The van der Waals surface area contributed by atoms with Crippen molar-refractivity contribution in [2.24, 2.45) is 10.4 Å². The van der Waals surface area contributed by atoms with Crippen LogP contribution in [0.4, 0.5) is 0 Å². The smallest absolute Gasteiger partial charge is 0.193 e. The summed E-state index contributed by atoms with van der Waals surface area (Å²) in [6.45, 7) is 10.0. The summed E-state index contributed by atoms with van der Waals surface area (Å²) in [5, 5.41) is 3.47. The van der Waals surface area contributed by atoms with Crippen LogP contribution in [0.2, 0.25) is 0 Å². The zero-order valence-electron chi connectivity index (χ0n) is 14.4. The van der Waals surface area contributed by atoms with Crippen LogP contribution in [0.1, 0.15) is 58.8 Å². The molecule has 1 aliphatic heterocycles. The third-order valence-electron chi connectivity index (χ3n) is 4.90. The Morgan fingerprint density at radius 3 is 2.64 bits per heavy atom. The van der Waals surface area contributed by atoms with E-state index in [0.29, 0.717) is 5.41 Å². The van der Waals surface area contributed by atoms with E-state index in [-0.39, 0.29) is 24.0 Å². The Kier molecular flexibility index (Phi) is 9.71. The molecule has 0 aromatic rings. The highest BCUT2D eigenvalue weighted by molar-refractivity contribution is 14.0. The van der Waals surface area contributed by atoms with E-state index in [1.165, 1.54) is 51.6 Å². The molecule has 2 fully saturated rings. The minimum Gasteiger partial charge on any atom is -0.382 e. The van der Waals surface area contributed by atoms with Gasteiger partial charge in [-0.1, -0.05) is 19.3 Å². The van der Waals surface area contributed by atoms with Crippen LogP contribution in [-0.2, 0) is 4.74 Å². The van der Waals surface area contributed by atoms with Crippen molar-refractivity contribution in [3.8, 4) is 0 Å². The summed E-state index contributed by atoms with van der Waals surface area (Å²) >= 11 is 0. The van der Waals surface area contributed by atoms with Crippen molar-refractivity contribution in [3.63, 3.8) is 0 Å². The van der Waals surface area contributed by atoms with Crippen LogP contribution < -0.4 is 5.32 Å². The summed E-state index contributed by atoms with van der Waals surface area (Å²) in [5.41, 5.74) is 0.597. The maximum atomic E-state index is 5.39. The van der Waals surface area contributed by atoms with Gasteiger partial charge in [-0.05, 0) is 44.9 Å². The topological polar surface area (TPSA) is 36.9 Å². The second kappa shape index (κ2) is 10.7. The third kappa shape index (κ3) is 5.87. The highest BCUT2D eigenvalue weighted by atomic mass is 127. The number of hydrogen-bond donors (Lipinski definition) is 1. The zero-order valence-corrected chi connectivity index (χ0v) is 16.7. The molecule has 1 N–H and O–H groups in total. The lowest BCUT2D eigenvalue weighted by Crippen LogP contribution is -2.41. The van der Waals surface area contributed by atoms with Crippen LogP contribution >= 0.6 is 24.0 Å². The zero-order chi connectivity index (χ0) is 15.0. The van der Waals surface area contributed by atoms with Crippen molar-refractivity contribution in [2.45, 2.75) is 58.8 Å². The molecule has 0 radical (unpaired) electrons. The summed E-state index contributed by atoms with van der Waals surface area (Å²) in [7, 11) is 0. The standard InChI is InChI=1S/C17H33N3O.HI/c1-3-18-16(19-12-8-14-21-4-2)20-13-11-17(15-20)9-6-5-7-10-17;/h3-15H2,1-2H3,(H,18,19);1H. The van der Waals surface area contributed by atoms with Crippen molar-refractivity contribution in [3.05, 3.63) is 0 Å². The van der Waals surface area contributed by atoms with Gasteiger partial charge in [0.05, 0.1) is 0 Å². The Labute approximate surface area is 153 Å². The van der Waals surface area contributed by atoms with Crippen LogP contribution in [0.15, 0.2) is 4.99 Å². The minimum absolute atomic E-state index is 0. The second-order valence-corrected chi connectivity index (χ2v) is 6.52. The van der Waals surface area contributed by atoms with Crippen LogP contribution in [0, 0.1) is 5.41 Å². The van der Waals surface area contributed by atoms with Crippen LogP contribution in [0.5, 0.6) is 0 Å². The Bertz CT molecular complexity index is 330. The fourth-order valence-electron chi connectivity index (χ4n) is 3.75. The number of nitrogens with zero attached hydrogens (tertiary/aromatic N) is 2. The first kappa shape index (κ1) is 20.0. The maximum absolute atomic E-state index is 5.39. The lowest BCUT2D eigenvalue weighted by Gasteiger charge is -2.33. The quantitative estimate of drug-likeness (QED) is 0.307. The minimum atomic E-state index is 0. The van der Waals surface area contributed by atoms with Gasteiger partial charge in [-0.15, -0.1) is 24.0 Å². The number of rotatable bonds is 6. The molecule has 2 aliphatic rings. The van der Waals surface area contributed by atoms with Gasteiger partial charge in [-0.25, -0.2) is 0 Å². The molecule has 1 aliphatic carbocycles. The average Bonchev–Trinajstić information content (AvgIpc) is 2.90. The predicted molar refractivity (Wildman–Crippen MR) is 104 cm³/mol. The van der Waals surface area contributed by atoms with Crippen molar-refractivity contribution in [2.75, 3.05) is 39.4 Å². The van der Waals surface area contributed by atoms with E-state index in [1.807, 2.05) is 6.92 Å². The Hall–Kier alpha value is -0.0400. The van der Waals surface area contributed by atoms with Gasteiger partial charge in [0.2, 0.25) is 0 Å². The molecule has 0 bridgehead atoms. The summed E-state index contributed by atoms with van der Waals surface area (Å²) in [4.78, 5) is 7.29. The predicted octanol–water partition coefficient (Wildman–Crippen LogP) is 3.65. The lowest BCUT2D eigenvalue weighted by atomic mass is 9.73. The normalized spacial score (nSPS) is 21.0. The SMILES string of the molecule is CCNC(=NCCCOCC)N1CCC2(CCCCC2)C1.I. The highest BCUT2D eigenvalue weighted by Crippen LogP contribution is 2.43. The molecular formula is C17H34IN3O. The molecule has 1 heterocycles. The fraction of sp³-hybridized carbons (Fsp3) is 0.941. The van der Waals surface area contributed by atoms with Crippen molar-refractivity contribution in [1.82, 2.24) is 10.2 Å². The van der Waals surface area contributed by atoms with Gasteiger partial charge in [0, 0.05) is 39.4 Å². The molecule has 0 atom stereocenters. The summed E-state index contributed by atoms with van der Waals surface area (Å²) in [5.74, 6) is 1.12. The van der Waals surface area contributed by atoms with Crippen LogP contribution in [0.3, 0.4) is 0 Å². The first-order chi connectivity index (χ1) is 10.3. The molecular weight excluding hydrogens is 389 g/mol. The maximum Gasteiger partial charge on any atom is 0.193 e. The molecule has 130 valence electrons. The molecule has 1 saturated carbocycles. The summed E-state index contributed by atoms with van der Waals surface area (Å²) in [6.07, 6.45) is 9.51. The number of halogens is 1. The van der Waals surface area contributed by atoms with Crippen molar-refractivity contribution < 1.29 is 4.74 Å². The number of aliphatic imine (C=N–C) groups is 1. The number of ether oxygens (including phenoxy) is 1. The van der Waals surface area contributed by atoms with E-state index < -0.39 is 0 Å². The van der Waals surface area contributed by atoms with Gasteiger partial charge in [0.15, 0.2) is 5.96 Å². The second-order valence-electron chi connectivity index (χ2n) is 6.52. The Morgan fingerprint density at radius 1 is 1.18 bits per heavy atom. The van der Waals surface area contributed by atoms with Crippen molar-refractivity contribution >= 4 is 29.9 Å². The van der Waals surface area contributed by atoms with Gasteiger partial charge >= 0.3 is 0 Å². The average molecular weight is 423 g/mol. The summed E-state index contributed by atoms with van der Waals surface area (Å²) in [6, 6.07) is 0. The molecule has 4 nitrogen and oxygen atoms in total. The molecule has 2 rings (SSSR count).